The Kier molecular flexibility index (Phi) is 4.06. The molecule has 0 bridgehead atoms. The van der Waals surface area contributed by atoms with Crippen LogP contribution in [0.1, 0.15) is 37.7 Å². The third-order valence-electron chi connectivity index (χ3n) is 4.80. The molecular weight excluding hydrogens is 248 g/mol. The Morgan fingerprint density at radius 2 is 2.05 bits per heavy atom. The van der Waals surface area contributed by atoms with Gasteiger partial charge in [-0.3, -0.25) is 4.79 Å². The lowest BCUT2D eigenvalue weighted by Crippen LogP contribution is -2.49. The average Bonchev–Trinajstić information content (AvgIpc) is 3.01. The van der Waals surface area contributed by atoms with Crippen molar-refractivity contribution in [1.29, 1.82) is 0 Å². The maximum absolute atomic E-state index is 12.5. The summed E-state index contributed by atoms with van der Waals surface area (Å²) < 4.78 is 0. The Bertz CT molecular complexity index is 453. The van der Waals surface area contributed by atoms with Crippen LogP contribution in [0.2, 0.25) is 0 Å². The van der Waals surface area contributed by atoms with E-state index in [2.05, 4.69) is 47.5 Å². The summed E-state index contributed by atoms with van der Waals surface area (Å²) >= 11 is 0. The number of hydrogen-bond donors (Lipinski definition) is 1. The van der Waals surface area contributed by atoms with Crippen molar-refractivity contribution < 1.29 is 4.79 Å². The van der Waals surface area contributed by atoms with Crippen molar-refractivity contribution in [3.05, 3.63) is 35.9 Å². The predicted molar refractivity (Wildman–Crippen MR) is 80.6 cm³/mol. The highest BCUT2D eigenvalue weighted by atomic mass is 16.2. The molecule has 2 aliphatic rings. The molecule has 1 N–H and O–H groups in total. The number of carbonyl (C=O) groups is 1. The van der Waals surface area contributed by atoms with Crippen LogP contribution in [0, 0.1) is 5.92 Å². The van der Waals surface area contributed by atoms with Crippen LogP contribution < -0.4 is 5.32 Å². The molecule has 1 aromatic carbocycles. The topological polar surface area (TPSA) is 32.3 Å². The van der Waals surface area contributed by atoms with E-state index in [1.165, 1.54) is 5.56 Å². The second kappa shape index (κ2) is 5.96. The summed E-state index contributed by atoms with van der Waals surface area (Å²) in [6.45, 7) is 5.07. The first-order chi connectivity index (χ1) is 9.75. The first-order valence-corrected chi connectivity index (χ1v) is 7.83. The van der Waals surface area contributed by atoms with Crippen molar-refractivity contribution in [2.75, 3.05) is 19.6 Å². The first-order valence-electron chi connectivity index (χ1n) is 7.83. The average molecular weight is 272 g/mol. The zero-order valence-electron chi connectivity index (χ0n) is 12.2. The Hall–Kier alpha value is -1.35. The Morgan fingerprint density at radius 3 is 2.70 bits per heavy atom. The second-order valence-electron chi connectivity index (χ2n) is 6.22. The van der Waals surface area contributed by atoms with Crippen molar-refractivity contribution in [2.45, 2.75) is 38.1 Å². The zero-order valence-corrected chi connectivity index (χ0v) is 12.2. The number of rotatable bonds is 2. The molecule has 0 spiro atoms. The monoisotopic (exact) mass is 272 g/mol. The van der Waals surface area contributed by atoms with Gasteiger partial charge >= 0.3 is 0 Å². The molecule has 0 aromatic heterocycles. The number of hydrogen-bond acceptors (Lipinski definition) is 2. The van der Waals surface area contributed by atoms with E-state index in [1.807, 2.05) is 0 Å². The second-order valence-corrected chi connectivity index (χ2v) is 6.22. The van der Waals surface area contributed by atoms with Crippen molar-refractivity contribution in [3.8, 4) is 0 Å². The van der Waals surface area contributed by atoms with E-state index in [4.69, 9.17) is 0 Å². The third-order valence-corrected chi connectivity index (χ3v) is 4.80. The van der Waals surface area contributed by atoms with Crippen molar-refractivity contribution in [3.63, 3.8) is 0 Å². The molecule has 3 rings (SSSR count). The summed E-state index contributed by atoms with van der Waals surface area (Å²) in [5.74, 6) is 1.45. The number of piperidine rings is 1. The van der Waals surface area contributed by atoms with Crippen LogP contribution in [0.25, 0.3) is 0 Å². The van der Waals surface area contributed by atoms with E-state index in [0.717, 1.165) is 38.9 Å². The molecule has 1 amide bonds. The van der Waals surface area contributed by atoms with Crippen LogP contribution >= 0.6 is 0 Å². The lowest BCUT2D eigenvalue weighted by molar-refractivity contribution is -0.135. The standard InChI is InChI=1S/C17H24N2O/c1-13-12-19(17(20)16-8-5-10-18-16)11-9-15(13)14-6-3-2-4-7-14/h2-4,6-7,13,15-16,18H,5,8-12H2,1H3. The minimum atomic E-state index is 0.0791. The Labute approximate surface area is 121 Å². The number of likely N-dealkylation sites (tertiary alicyclic amines) is 1. The number of benzene rings is 1. The smallest absolute Gasteiger partial charge is 0.239 e. The molecule has 3 unspecified atom stereocenters. The molecule has 20 heavy (non-hydrogen) atoms. The van der Waals surface area contributed by atoms with Crippen molar-refractivity contribution >= 4 is 5.91 Å². The van der Waals surface area contributed by atoms with Gasteiger partial charge in [-0.1, -0.05) is 37.3 Å². The highest BCUT2D eigenvalue weighted by molar-refractivity contribution is 5.82. The quantitative estimate of drug-likeness (QED) is 0.896. The van der Waals surface area contributed by atoms with E-state index in [0.29, 0.717) is 17.7 Å². The van der Waals surface area contributed by atoms with Crippen LogP contribution in [-0.4, -0.2) is 36.5 Å². The molecule has 2 aliphatic heterocycles. The summed E-state index contributed by atoms with van der Waals surface area (Å²) in [6, 6.07) is 10.8. The highest BCUT2D eigenvalue weighted by Crippen LogP contribution is 2.33. The van der Waals surface area contributed by atoms with E-state index in [9.17, 15) is 4.79 Å². The van der Waals surface area contributed by atoms with E-state index in [-0.39, 0.29) is 6.04 Å². The molecule has 2 saturated heterocycles. The highest BCUT2D eigenvalue weighted by Gasteiger charge is 2.33. The van der Waals surface area contributed by atoms with Gasteiger partial charge in [0.15, 0.2) is 0 Å². The maximum atomic E-state index is 12.5. The summed E-state index contributed by atoms with van der Waals surface area (Å²) in [6.07, 6.45) is 3.22. The Morgan fingerprint density at radius 1 is 1.25 bits per heavy atom. The van der Waals surface area contributed by atoms with Gasteiger partial charge in [-0.15, -0.1) is 0 Å². The van der Waals surface area contributed by atoms with Crippen LogP contribution in [-0.2, 0) is 4.79 Å². The van der Waals surface area contributed by atoms with Gasteiger partial charge < -0.3 is 10.2 Å². The van der Waals surface area contributed by atoms with Crippen molar-refractivity contribution in [2.24, 2.45) is 5.92 Å². The summed E-state index contributed by atoms with van der Waals surface area (Å²) in [5.41, 5.74) is 1.42. The molecule has 3 atom stereocenters. The molecule has 2 heterocycles. The van der Waals surface area contributed by atoms with E-state index in [1.54, 1.807) is 0 Å². The van der Waals surface area contributed by atoms with Crippen LogP contribution in [0.3, 0.4) is 0 Å². The fraction of sp³-hybridized carbons (Fsp3) is 0.588. The van der Waals surface area contributed by atoms with Gasteiger partial charge in [0.05, 0.1) is 6.04 Å². The van der Waals surface area contributed by atoms with E-state index >= 15 is 0 Å². The van der Waals surface area contributed by atoms with Gasteiger partial charge in [-0.2, -0.15) is 0 Å². The van der Waals surface area contributed by atoms with Gasteiger partial charge in [0.2, 0.25) is 5.91 Å². The number of nitrogens with one attached hydrogen (secondary N) is 1. The lowest BCUT2D eigenvalue weighted by Gasteiger charge is -2.38. The first kappa shape index (κ1) is 13.6. The van der Waals surface area contributed by atoms with Gasteiger partial charge in [0.1, 0.15) is 0 Å². The van der Waals surface area contributed by atoms with Crippen molar-refractivity contribution in [1.82, 2.24) is 10.2 Å². The number of nitrogens with zero attached hydrogens (tertiary/aromatic N) is 1. The van der Waals surface area contributed by atoms with Gasteiger partial charge in [-0.25, -0.2) is 0 Å². The van der Waals surface area contributed by atoms with Gasteiger partial charge in [0.25, 0.3) is 0 Å². The fourth-order valence-electron chi connectivity index (χ4n) is 3.66. The lowest BCUT2D eigenvalue weighted by atomic mass is 9.81. The minimum Gasteiger partial charge on any atom is -0.341 e. The molecular formula is C17H24N2O. The van der Waals surface area contributed by atoms with Gasteiger partial charge in [-0.05, 0) is 43.2 Å². The maximum Gasteiger partial charge on any atom is 0.239 e. The molecule has 1 aromatic rings. The van der Waals surface area contributed by atoms with Crippen LogP contribution in [0.15, 0.2) is 30.3 Å². The SMILES string of the molecule is CC1CN(C(=O)C2CCCN2)CCC1c1ccccc1. The number of amides is 1. The molecule has 0 aliphatic carbocycles. The molecule has 108 valence electrons. The largest absolute Gasteiger partial charge is 0.341 e. The fourth-order valence-corrected chi connectivity index (χ4v) is 3.66. The minimum absolute atomic E-state index is 0.0791. The molecule has 0 saturated carbocycles. The number of carbonyl (C=O) groups excluding carboxylic acids is 1. The predicted octanol–water partition coefficient (Wildman–Crippen LogP) is 2.39. The molecule has 2 fully saturated rings. The van der Waals surface area contributed by atoms with E-state index < -0.39 is 0 Å². The molecule has 3 nitrogen and oxygen atoms in total. The summed E-state index contributed by atoms with van der Waals surface area (Å²) in [5, 5.41) is 3.32. The zero-order chi connectivity index (χ0) is 13.9. The Balaban J connectivity index is 1.63. The summed E-state index contributed by atoms with van der Waals surface area (Å²) in [4.78, 5) is 14.5. The van der Waals surface area contributed by atoms with Crippen LogP contribution in [0.4, 0.5) is 0 Å². The third kappa shape index (κ3) is 2.73. The normalized spacial score (nSPS) is 30.4. The van der Waals surface area contributed by atoms with Gasteiger partial charge in [0, 0.05) is 13.1 Å². The molecule has 3 heteroatoms. The summed E-state index contributed by atoms with van der Waals surface area (Å²) in [7, 11) is 0. The van der Waals surface area contributed by atoms with Crippen LogP contribution in [0.5, 0.6) is 0 Å². The molecule has 0 radical (unpaired) electrons.